The van der Waals surface area contributed by atoms with E-state index in [1.165, 1.54) is 29.9 Å². The molecule has 0 amide bonds. The maximum Gasteiger partial charge on any atom is 0.193 e. The molecule has 0 saturated carbocycles. The zero-order valence-electron chi connectivity index (χ0n) is 15.9. The maximum absolute atomic E-state index is 12.5. The van der Waals surface area contributed by atoms with Crippen LogP contribution in [-0.4, -0.2) is 35.5 Å². The van der Waals surface area contributed by atoms with Gasteiger partial charge in [0.1, 0.15) is 11.5 Å². The third-order valence-electron chi connectivity index (χ3n) is 4.34. The highest BCUT2D eigenvalue weighted by atomic mass is 32.2. The Morgan fingerprint density at radius 2 is 1.52 bits per heavy atom. The Morgan fingerprint density at radius 3 is 2.14 bits per heavy atom. The molecule has 0 aromatic heterocycles. The molecule has 0 bridgehead atoms. The number of ketones is 1. The highest BCUT2D eigenvalue weighted by molar-refractivity contribution is 7.95. The second-order valence-electron chi connectivity index (χ2n) is 6.35. The van der Waals surface area contributed by atoms with Crippen LogP contribution in [0.1, 0.15) is 15.9 Å². The molecular weight excluding hydrogens is 402 g/mol. The van der Waals surface area contributed by atoms with Crippen LogP contribution in [0.25, 0.3) is 0 Å². The summed E-state index contributed by atoms with van der Waals surface area (Å²) in [6.07, 6.45) is 0. The molecule has 3 rings (SSSR count). The highest BCUT2D eigenvalue weighted by Gasteiger charge is 2.10. The van der Waals surface area contributed by atoms with Gasteiger partial charge in [-0.3, -0.25) is 4.79 Å². The molecule has 4 nitrogen and oxygen atoms in total. The molecular formula is C23H23NO3S2. The molecule has 3 aromatic carbocycles. The van der Waals surface area contributed by atoms with Gasteiger partial charge >= 0.3 is 0 Å². The summed E-state index contributed by atoms with van der Waals surface area (Å²) in [5, 5.41) is 9.34. The summed E-state index contributed by atoms with van der Waals surface area (Å²) in [6.45, 7) is 1.73. The molecule has 0 heterocycles. The number of nitrogens with zero attached hydrogens (tertiary/aromatic N) is 1. The van der Waals surface area contributed by atoms with E-state index in [2.05, 4.69) is 29.7 Å². The van der Waals surface area contributed by atoms with E-state index in [4.69, 9.17) is 4.18 Å². The number of benzene rings is 3. The number of carbonyl (C=O) groups is 1. The van der Waals surface area contributed by atoms with Gasteiger partial charge in [0.25, 0.3) is 0 Å². The van der Waals surface area contributed by atoms with Crippen molar-refractivity contribution in [2.45, 2.75) is 0 Å². The molecule has 150 valence electrons. The average molecular weight is 426 g/mol. The maximum atomic E-state index is 12.5. The van der Waals surface area contributed by atoms with Gasteiger partial charge in [-0.15, -0.1) is 0 Å². The fraction of sp³-hybridized carbons (Fsp3) is 0.174. The second-order valence-corrected chi connectivity index (χ2v) is 7.61. The molecule has 0 radical (unpaired) electrons. The van der Waals surface area contributed by atoms with E-state index < -0.39 is 0 Å². The molecule has 0 aliphatic heterocycles. The average Bonchev–Trinajstić information content (AvgIpc) is 2.77. The van der Waals surface area contributed by atoms with Crippen molar-refractivity contribution in [3.05, 3.63) is 90.0 Å². The van der Waals surface area contributed by atoms with E-state index in [1.807, 2.05) is 18.2 Å². The molecule has 0 fully saturated rings. The zero-order chi connectivity index (χ0) is 20.5. The SMILES string of the molecule is O=C(c1ccc(O)cc1)c1ccc(OSCCN(CCS)c2ccccc2)cc1. The summed E-state index contributed by atoms with van der Waals surface area (Å²) in [4.78, 5) is 14.7. The summed E-state index contributed by atoms with van der Waals surface area (Å²) in [5.74, 6) is 2.35. The first-order valence-electron chi connectivity index (χ1n) is 9.31. The van der Waals surface area contributed by atoms with Crippen molar-refractivity contribution in [3.8, 4) is 11.5 Å². The number of hydrogen-bond donors (Lipinski definition) is 2. The first kappa shape index (κ1) is 21.1. The van der Waals surface area contributed by atoms with Crippen LogP contribution in [0.4, 0.5) is 5.69 Å². The van der Waals surface area contributed by atoms with Crippen LogP contribution in [-0.2, 0) is 0 Å². The topological polar surface area (TPSA) is 49.8 Å². The quantitative estimate of drug-likeness (QED) is 0.205. The number of phenols is 1. The Balaban J connectivity index is 1.50. The molecule has 3 aromatic rings. The molecule has 0 atom stereocenters. The zero-order valence-corrected chi connectivity index (χ0v) is 17.6. The molecule has 0 spiro atoms. The lowest BCUT2D eigenvalue weighted by molar-refractivity contribution is 0.103. The smallest absolute Gasteiger partial charge is 0.193 e. The lowest BCUT2D eigenvalue weighted by atomic mass is 10.0. The number of para-hydroxylation sites is 1. The lowest BCUT2D eigenvalue weighted by Crippen LogP contribution is -2.28. The number of hydrogen-bond acceptors (Lipinski definition) is 6. The Hall–Kier alpha value is -2.57. The summed E-state index contributed by atoms with van der Waals surface area (Å²) < 4.78 is 5.75. The van der Waals surface area contributed by atoms with E-state index in [0.29, 0.717) is 16.9 Å². The molecule has 0 unspecified atom stereocenters. The Morgan fingerprint density at radius 1 is 0.897 bits per heavy atom. The fourth-order valence-electron chi connectivity index (χ4n) is 2.83. The van der Waals surface area contributed by atoms with Gasteiger partial charge in [0, 0.05) is 41.4 Å². The van der Waals surface area contributed by atoms with Gasteiger partial charge in [-0.05, 0) is 60.7 Å². The fourth-order valence-corrected chi connectivity index (χ4v) is 3.69. The van der Waals surface area contributed by atoms with Gasteiger partial charge in [-0.25, -0.2) is 0 Å². The largest absolute Gasteiger partial charge is 0.508 e. The van der Waals surface area contributed by atoms with Crippen molar-refractivity contribution in [3.63, 3.8) is 0 Å². The van der Waals surface area contributed by atoms with E-state index in [9.17, 15) is 9.90 Å². The van der Waals surface area contributed by atoms with Crippen LogP contribution in [0.5, 0.6) is 11.5 Å². The first-order valence-corrected chi connectivity index (χ1v) is 10.9. The highest BCUT2D eigenvalue weighted by Crippen LogP contribution is 2.21. The van der Waals surface area contributed by atoms with Crippen molar-refractivity contribution in [1.29, 1.82) is 0 Å². The Bertz CT molecular complexity index is 900. The van der Waals surface area contributed by atoms with Gasteiger partial charge in [-0.2, -0.15) is 12.6 Å². The van der Waals surface area contributed by atoms with E-state index in [0.717, 1.165) is 24.6 Å². The molecule has 0 aliphatic rings. The standard InChI is InChI=1S/C23H23NO3S2/c25-21-10-6-18(7-11-21)23(26)19-8-12-22(13-9-19)27-29-17-15-24(14-16-28)20-4-2-1-3-5-20/h1-13,25,28H,14-17H2. The third kappa shape index (κ3) is 6.21. The van der Waals surface area contributed by atoms with Crippen LogP contribution >= 0.6 is 24.7 Å². The number of carbonyl (C=O) groups excluding carboxylic acids is 1. The predicted molar refractivity (Wildman–Crippen MR) is 124 cm³/mol. The monoisotopic (exact) mass is 425 g/mol. The van der Waals surface area contributed by atoms with Crippen LogP contribution in [0.3, 0.4) is 0 Å². The summed E-state index contributed by atoms with van der Waals surface area (Å²) >= 11 is 5.74. The van der Waals surface area contributed by atoms with E-state index >= 15 is 0 Å². The third-order valence-corrected chi connectivity index (χ3v) is 5.20. The van der Waals surface area contributed by atoms with Gasteiger partial charge in [0.15, 0.2) is 5.78 Å². The summed E-state index contributed by atoms with van der Waals surface area (Å²) in [5.41, 5.74) is 2.30. The number of aromatic hydroxyl groups is 1. The molecule has 0 aliphatic carbocycles. The Labute approximate surface area is 181 Å². The molecule has 1 N–H and O–H groups in total. The van der Waals surface area contributed by atoms with Crippen molar-refractivity contribution in [2.24, 2.45) is 0 Å². The second kappa shape index (κ2) is 10.8. The van der Waals surface area contributed by atoms with Gasteiger partial charge in [-0.1, -0.05) is 18.2 Å². The van der Waals surface area contributed by atoms with Crippen molar-refractivity contribution in [1.82, 2.24) is 0 Å². The van der Waals surface area contributed by atoms with Crippen LogP contribution in [0.2, 0.25) is 0 Å². The van der Waals surface area contributed by atoms with Gasteiger partial charge < -0.3 is 14.2 Å². The molecule has 0 saturated heterocycles. The predicted octanol–water partition coefficient (Wildman–Crippen LogP) is 5.09. The van der Waals surface area contributed by atoms with Crippen molar-refractivity contribution < 1.29 is 14.1 Å². The number of anilines is 1. The Kier molecular flexibility index (Phi) is 7.90. The van der Waals surface area contributed by atoms with E-state index in [-0.39, 0.29) is 11.5 Å². The number of phenolic OH excluding ortho intramolecular Hbond substituents is 1. The minimum Gasteiger partial charge on any atom is -0.508 e. The minimum atomic E-state index is -0.0885. The van der Waals surface area contributed by atoms with Crippen molar-refractivity contribution in [2.75, 3.05) is 29.5 Å². The van der Waals surface area contributed by atoms with Crippen molar-refractivity contribution >= 4 is 36.1 Å². The van der Waals surface area contributed by atoms with Crippen LogP contribution < -0.4 is 9.08 Å². The molecule has 6 heteroatoms. The summed E-state index contributed by atoms with van der Waals surface area (Å²) in [7, 11) is 0. The van der Waals surface area contributed by atoms with Crippen LogP contribution in [0, 0.1) is 0 Å². The van der Waals surface area contributed by atoms with Gasteiger partial charge in [0.05, 0.1) is 12.0 Å². The number of thiol groups is 1. The minimum absolute atomic E-state index is 0.0885. The number of rotatable bonds is 10. The normalized spacial score (nSPS) is 10.5. The lowest BCUT2D eigenvalue weighted by Gasteiger charge is -2.23. The van der Waals surface area contributed by atoms with E-state index in [1.54, 1.807) is 36.4 Å². The van der Waals surface area contributed by atoms with Crippen LogP contribution in [0.15, 0.2) is 78.9 Å². The summed E-state index contributed by atoms with van der Waals surface area (Å²) in [6, 6.07) is 23.6. The van der Waals surface area contributed by atoms with Gasteiger partial charge in [0.2, 0.25) is 0 Å². The molecule has 29 heavy (non-hydrogen) atoms. The first-order chi connectivity index (χ1) is 14.2.